The van der Waals surface area contributed by atoms with Gasteiger partial charge in [-0.1, -0.05) is 51.1 Å². The lowest BCUT2D eigenvalue weighted by Gasteiger charge is -2.38. The molecule has 2 N–H and O–H groups in total. The Kier molecular flexibility index (Phi) is 9.90. The summed E-state index contributed by atoms with van der Waals surface area (Å²) in [6, 6.07) is 10.1. The Morgan fingerprint density at radius 3 is 2.12 bits per heavy atom. The quantitative estimate of drug-likeness (QED) is 0.879. The van der Waals surface area contributed by atoms with E-state index in [9.17, 15) is 4.79 Å². The SMILES string of the molecule is CC(C)(C)[C@H](N)C(=O)N1CCN(CCc2ccccc2)CC1.Cl.Cl. The molecule has 0 aromatic heterocycles. The molecule has 1 aliphatic heterocycles. The number of hydrogen-bond acceptors (Lipinski definition) is 3. The number of carbonyl (C=O) groups excluding carboxylic acids is 1. The van der Waals surface area contributed by atoms with Crippen molar-refractivity contribution in [3.05, 3.63) is 35.9 Å². The monoisotopic (exact) mass is 375 g/mol. The molecule has 1 amide bonds. The molecule has 1 saturated heterocycles. The van der Waals surface area contributed by atoms with Gasteiger partial charge in [0.25, 0.3) is 0 Å². The number of nitrogens with zero attached hydrogens (tertiary/aromatic N) is 2. The van der Waals surface area contributed by atoms with Gasteiger partial charge >= 0.3 is 0 Å². The van der Waals surface area contributed by atoms with E-state index in [0.717, 1.165) is 39.1 Å². The lowest BCUT2D eigenvalue weighted by molar-refractivity contribution is -0.136. The molecule has 1 aromatic rings. The second kappa shape index (κ2) is 10.2. The Labute approximate surface area is 158 Å². The fourth-order valence-electron chi connectivity index (χ4n) is 2.69. The fraction of sp³-hybridized carbons (Fsp3) is 0.611. The van der Waals surface area contributed by atoms with Crippen LogP contribution in [0, 0.1) is 5.41 Å². The van der Waals surface area contributed by atoms with E-state index in [-0.39, 0.29) is 36.1 Å². The molecule has 0 spiro atoms. The number of amides is 1. The minimum absolute atomic E-state index is 0. The molecule has 24 heavy (non-hydrogen) atoms. The van der Waals surface area contributed by atoms with Gasteiger partial charge in [-0.25, -0.2) is 0 Å². The van der Waals surface area contributed by atoms with Crippen molar-refractivity contribution in [1.29, 1.82) is 0 Å². The minimum atomic E-state index is -0.414. The molecule has 1 aliphatic rings. The van der Waals surface area contributed by atoms with Gasteiger partial charge in [-0.05, 0) is 17.4 Å². The molecule has 138 valence electrons. The van der Waals surface area contributed by atoms with Crippen LogP contribution in [-0.4, -0.2) is 54.5 Å². The Balaban J connectivity index is 0.00000264. The van der Waals surface area contributed by atoms with Crippen LogP contribution >= 0.6 is 24.8 Å². The van der Waals surface area contributed by atoms with Crippen molar-refractivity contribution in [1.82, 2.24) is 9.80 Å². The smallest absolute Gasteiger partial charge is 0.240 e. The second-order valence-corrected chi connectivity index (χ2v) is 7.25. The molecule has 1 atom stereocenters. The number of hydrogen-bond donors (Lipinski definition) is 1. The van der Waals surface area contributed by atoms with Crippen LogP contribution in [0.25, 0.3) is 0 Å². The molecule has 1 aromatic carbocycles. The standard InChI is InChI=1S/C18H29N3O.2ClH/c1-18(2,3)16(19)17(22)21-13-11-20(12-14-21)10-9-15-7-5-4-6-8-15;;/h4-8,16H,9-14,19H2,1-3H3;2*1H/t16-;;/m1../s1. The van der Waals surface area contributed by atoms with E-state index < -0.39 is 6.04 Å². The van der Waals surface area contributed by atoms with E-state index in [1.807, 2.05) is 31.7 Å². The van der Waals surface area contributed by atoms with Crippen molar-refractivity contribution >= 4 is 30.7 Å². The lowest BCUT2D eigenvalue weighted by atomic mass is 9.86. The predicted molar refractivity (Wildman–Crippen MR) is 105 cm³/mol. The zero-order chi connectivity index (χ0) is 16.2. The third-order valence-corrected chi connectivity index (χ3v) is 4.44. The van der Waals surface area contributed by atoms with Gasteiger partial charge < -0.3 is 10.6 Å². The first-order valence-corrected chi connectivity index (χ1v) is 8.18. The highest BCUT2D eigenvalue weighted by Gasteiger charge is 2.32. The van der Waals surface area contributed by atoms with Crippen molar-refractivity contribution in [3.8, 4) is 0 Å². The highest BCUT2D eigenvalue weighted by atomic mass is 35.5. The summed E-state index contributed by atoms with van der Waals surface area (Å²) in [4.78, 5) is 16.8. The summed E-state index contributed by atoms with van der Waals surface area (Å²) in [5.41, 5.74) is 7.28. The molecule has 0 saturated carbocycles. The van der Waals surface area contributed by atoms with Crippen LogP contribution in [0.4, 0.5) is 0 Å². The molecule has 0 radical (unpaired) electrons. The molecule has 1 heterocycles. The summed E-state index contributed by atoms with van der Waals surface area (Å²) in [6.07, 6.45) is 1.07. The summed E-state index contributed by atoms with van der Waals surface area (Å²) in [6.45, 7) is 10.6. The van der Waals surface area contributed by atoms with E-state index in [0.29, 0.717) is 0 Å². The third kappa shape index (κ3) is 6.60. The van der Waals surface area contributed by atoms with Gasteiger partial charge in [0.2, 0.25) is 5.91 Å². The van der Waals surface area contributed by atoms with E-state index in [1.54, 1.807) is 0 Å². The van der Waals surface area contributed by atoms with Crippen molar-refractivity contribution in [2.75, 3.05) is 32.7 Å². The summed E-state index contributed by atoms with van der Waals surface area (Å²) < 4.78 is 0. The van der Waals surface area contributed by atoms with Gasteiger partial charge in [0, 0.05) is 32.7 Å². The molecule has 2 rings (SSSR count). The molecule has 1 fully saturated rings. The van der Waals surface area contributed by atoms with Gasteiger partial charge in [0.1, 0.15) is 0 Å². The van der Waals surface area contributed by atoms with E-state index in [1.165, 1.54) is 5.56 Å². The topological polar surface area (TPSA) is 49.6 Å². The summed E-state index contributed by atoms with van der Waals surface area (Å²) in [7, 11) is 0. The number of halogens is 2. The molecular weight excluding hydrogens is 345 g/mol. The van der Waals surface area contributed by atoms with Crippen LogP contribution in [-0.2, 0) is 11.2 Å². The highest BCUT2D eigenvalue weighted by Crippen LogP contribution is 2.19. The van der Waals surface area contributed by atoms with Gasteiger partial charge in [-0.2, -0.15) is 0 Å². The van der Waals surface area contributed by atoms with Crippen molar-refractivity contribution in [3.63, 3.8) is 0 Å². The number of carbonyl (C=O) groups is 1. The zero-order valence-corrected chi connectivity index (χ0v) is 16.5. The first-order valence-electron chi connectivity index (χ1n) is 8.18. The number of rotatable bonds is 4. The number of benzene rings is 1. The Bertz CT molecular complexity index is 483. The largest absolute Gasteiger partial charge is 0.339 e. The average molecular weight is 376 g/mol. The minimum Gasteiger partial charge on any atom is -0.339 e. The van der Waals surface area contributed by atoms with Crippen LogP contribution in [0.2, 0.25) is 0 Å². The number of nitrogens with two attached hydrogens (primary N) is 1. The third-order valence-electron chi connectivity index (χ3n) is 4.44. The molecule has 0 aliphatic carbocycles. The maximum Gasteiger partial charge on any atom is 0.240 e. The summed E-state index contributed by atoms with van der Waals surface area (Å²) in [5.74, 6) is 0.0928. The van der Waals surface area contributed by atoms with Crippen molar-refractivity contribution in [2.24, 2.45) is 11.1 Å². The second-order valence-electron chi connectivity index (χ2n) is 7.25. The van der Waals surface area contributed by atoms with Gasteiger partial charge in [0.15, 0.2) is 0 Å². The summed E-state index contributed by atoms with van der Waals surface area (Å²) >= 11 is 0. The van der Waals surface area contributed by atoms with E-state index in [4.69, 9.17) is 5.73 Å². The average Bonchev–Trinajstić information content (AvgIpc) is 2.52. The maximum absolute atomic E-state index is 12.4. The van der Waals surface area contributed by atoms with Crippen molar-refractivity contribution < 1.29 is 4.79 Å². The summed E-state index contributed by atoms with van der Waals surface area (Å²) in [5, 5.41) is 0. The molecule has 0 bridgehead atoms. The zero-order valence-electron chi connectivity index (χ0n) is 14.9. The van der Waals surface area contributed by atoms with E-state index in [2.05, 4.69) is 29.2 Å². The molecule has 4 nitrogen and oxygen atoms in total. The van der Waals surface area contributed by atoms with Crippen molar-refractivity contribution in [2.45, 2.75) is 33.2 Å². The van der Waals surface area contributed by atoms with Crippen LogP contribution < -0.4 is 5.73 Å². The maximum atomic E-state index is 12.4. The van der Waals surface area contributed by atoms with Crippen LogP contribution in [0.1, 0.15) is 26.3 Å². The Morgan fingerprint density at radius 1 is 1.08 bits per heavy atom. The normalized spacial score (nSPS) is 16.8. The Morgan fingerprint density at radius 2 is 1.62 bits per heavy atom. The first-order chi connectivity index (χ1) is 10.4. The molecular formula is C18H31Cl2N3O. The van der Waals surface area contributed by atoms with Gasteiger partial charge in [-0.15, -0.1) is 24.8 Å². The molecule has 6 heteroatoms. The molecule has 0 unspecified atom stereocenters. The highest BCUT2D eigenvalue weighted by molar-refractivity contribution is 5.85. The van der Waals surface area contributed by atoms with Crippen LogP contribution in [0.5, 0.6) is 0 Å². The number of piperazine rings is 1. The van der Waals surface area contributed by atoms with Crippen LogP contribution in [0.3, 0.4) is 0 Å². The van der Waals surface area contributed by atoms with Gasteiger partial charge in [-0.3, -0.25) is 9.69 Å². The first kappa shape index (κ1) is 23.2. The fourth-order valence-corrected chi connectivity index (χ4v) is 2.69. The van der Waals surface area contributed by atoms with Crippen LogP contribution in [0.15, 0.2) is 30.3 Å². The van der Waals surface area contributed by atoms with Gasteiger partial charge in [0.05, 0.1) is 6.04 Å². The lowest BCUT2D eigenvalue weighted by Crippen LogP contribution is -2.56. The predicted octanol–water partition coefficient (Wildman–Crippen LogP) is 2.59. The Hall–Kier alpha value is -0.810. The van der Waals surface area contributed by atoms with E-state index >= 15 is 0 Å².